The van der Waals surface area contributed by atoms with Crippen molar-refractivity contribution in [3.63, 3.8) is 0 Å². The van der Waals surface area contributed by atoms with Crippen LogP contribution in [0.3, 0.4) is 0 Å². The Kier molecular flexibility index (Phi) is 3.64. The highest BCUT2D eigenvalue weighted by molar-refractivity contribution is 7.08. The Morgan fingerprint density at radius 2 is 2.12 bits per heavy atom. The Labute approximate surface area is 105 Å². The van der Waals surface area contributed by atoms with Crippen LogP contribution in [-0.4, -0.2) is 15.4 Å². The molecule has 1 aromatic carbocycles. The Bertz CT molecular complexity index is 534. The first-order valence-electron chi connectivity index (χ1n) is 5.71. The molecule has 0 atom stereocenters. The number of aromatic nitrogens is 2. The zero-order chi connectivity index (χ0) is 12.3. The average molecular weight is 246 g/mol. The van der Waals surface area contributed by atoms with Gasteiger partial charge in [0.2, 0.25) is 5.78 Å². The molecule has 1 aromatic heterocycles. The Balaban J connectivity index is 2.36. The maximum absolute atomic E-state index is 12.3. The zero-order valence-corrected chi connectivity index (χ0v) is 10.8. The van der Waals surface area contributed by atoms with Crippen molar-refractivity contribution >= 4 is 17.3 Å². The van der Waals surface area contributed by atoms with E-state index in [0.29, 0.717) is 4.88 Å². The predicted molar refractivity (Wildman–Crippen MR) is 68.5 cm³/mol. The molecule has 1 heterocycles. The minimum atomic E-state index is 0.0344. The fraction of sp³-hybridized carbons (Fsp3) is 0.308. The monoisotopic (exact) mass is 246 g/mol. The van der Waals surface area contributed by atoms with Crippen molar-refractivity contribution < 1.29 is 4.79 Å². The number of hydrogen-bond acceptors (Lipinski definition) is 4. The first-order valence-corrected chi connectivity index (χ1v) is 6.48. The Morgan fingerprint density at radius 3 is 2.82 bits per heavy atom. The smallest absolute Gasteiger partial charge is 0.206 e. The standard InChI is InChI=1S/C13H14N2OS/c1-3-9-6-5-7-10(8-9)12(16)13-11(4-2)14-15-17-13/h5-8H,3-4H2,1-2H3. The lowest BCUT2D eigenvalue weighted by molar-refractivity contribution is 0.104. The third-order valence-electron chi connectivity index (χ3n) is 2.69. The first-order chi connectivity index (χ1) is 8.26. The number of hydrogen-bond donors (Lipinski definition) is 0. The van der Waals surface area contributed by atoms with Crippen LogP contribution in [-0.2, 0) is 12.8 Å². The van der Waals surface area contributed by atoms with Crippen molar-refractivity contribution in [1.82, 2.24) is 9.59 Å². The number of aryl methyl sites for hydroxylation is 2. The highest BCUT2D eigenvalue weighted by atomic mass is 32.1. The summed E-state index contributed by atoms with van der Waals surface area (Å²) >= 11 is 1.18. The van der Waals surface area contributed by atoms with Gasteiger partial charge in [0, 0.05) is 5.56 Å². The number of rotatable bonds is 4. The highest BCUT2D eigenvalue weighted by Crippen LogP contribution is 2.18. The van der Waals surface area contributed by atoms with Crippen LogP contribution in [0.2, 0.25) is 0 Å². The molecule has 17 heavy (non-hydrogen) atoms. The summed E-state index contributed by atoms with van der Waals surface area (Å²) in [5, 5.41) is 3.97. The van der Waals surface area contributed by atoms with Gasteiger partial charge in [0.1, 0.15) is 4.88 Å². The van der Waals surface area contributed by atoms with E-state index in [9.17, 15) is 4.79 Å². The lowest BCUT2D eigenvalue weighted by atomic mass is 10.0. The fourth-order valence-electron chi connectivity index (χ4n) is 1.68. The summed E-state index contributed by atoms with van der Waals surface area (Å²) in [6.07, 6.45) is 1.67. The molecular formula is C13H14N2OS. The lowest BCUT2D eigenvalue weighted by Crippen LogP contribution is -2.03. The lowest BCUT2D eigenvalue weighted by Gasteiger charge is -2.02. The number of carbonyl (C=O) groups excluding carboxylic acids is 1. The van der Waals surface area contributed by atoms with E-state index in [1.807, 2.05) is 31.2 Å². The van der Waals surface area contributed by atoms with Crippen LogP contribution in [0, 0.1) is 0 Å². The van der Waals surface area contributed by atoms with Crippen molar-refractivity contribution in [1.29, 1.82) is 0 Å². The maximum Gasteiger partial charge on any atom is 0.206 e. The molecule has 3 nitrogen and oxygen atoms in total. The number of nitrogens with zero attached hydrogens (tertiary/aromatic N) is 2. The summed E-state index contributed by atoms with van der Waals surface area (Å²) in [7, 11) is 0. The molecule has 0 amide bonds. The van der Waals surface area contributed by atoms with E-state index in [1.54, 1.807) is 0 Å². The van der Waals surface area contributed by atoms with Crippen molar-refractivity contribution in [2.45, 2.75) is 26.7 Å². The number of ketones is 1. The molecule has 2 aromatic rings. The van der Waals surface area contributed by atoms with Crippen molar-refractivity contribution in [3.8, 4) is 0 Å². The molecule has 0 saturated heterocycles. The Hall–Kier alpha value is -1.55. The SMILES string of the molecule is CCc1cccc(C(=O)c2snnc2CC)c1. The first kappa shape index (κ1) is 11.9. The van der Waals surface area contributed by atoms with E-state index in [1.165, 1.54) is 17.1 Å². The van der Waals surface area contributed by atoms with Crippen LogP contribution >= 0.6 is 11.5 Å². The van der Waals surface area contributed by atoms with Gasteiger partial charge >= 0.3 is 0 Å². The number of carbonyl (C=O) groups is 1. The van der Waals surface area contributed by atoms with Gasteiger partial charge in [0.25, 0.3) is 0 Å². The predicted octanol–water partition coefficient (Wildman–Crippen LogP) is 2.89. The minimum absolute atomic E-state index is 0.0344. The summed E-state index contributed by atoms with van der Waals surface area (Å²) in [6, 6.07) is 7.75. The van der Waals surface area contributed by atoms with Crippen molar-refractivity contribution in [2.24, 2.45) is 0 Å². The topological polar surface area (TPSA) is 42.9 Å². The average Bonchev–Trinajstić information content (AvgIpc) is 2.86. The molecule has 4 heteroatoms. The van der Waals surface area contributed by atoms with Crippen molar-refractivity contribution in [3.05, 3.63) is 46.0 Å². The summed E-state index contributed by atoms with van der Waals surface area (Å²) in [5.41, 5.74) is 2.69. The van der Waals surface area contributed by atoms with Crippen LogP contribution in [0.25, 0.3) is 0 Å². The highest BCUT2D eigenvalue weighted by Gasteiger charge is 2.16. The van der Waals surface area contributed by atoms with Crippen LogP contribution in [0.15, 0.2) is 24.3 Å². The molecule has 0 unspecified atom stereocenters. The van der Waals surface area contributed by atoms with Gasteiger partial charge in [-0.05, 0) is 36.0 Å². The van der Waals surface area contributed by atoms with E-state index >= 15 is 0 Å². The van der Waals surface area contributed by atoms with E-state index in [-0.39, 0.29) is 5.78 Å². The van der Waals surface area contributed by atoms with E-state index in [2.05, 4.69) is 16.5 Å². The van der Waals surface area contributed by atoms with E-state index in [4.69, 9.17) is 0 Å². The van der Waals surface area contributed by atoms with Crippen LogP contribution < -0.4 is 0 Å². The molecule has 0 radical (unpaired) electrons. The molecule has 88 valence electrons. The zero-order valence-electron chi connectivity index (χ0n) is 9.93. The molecule has 0 aliphatic heterocycles. The summed E-state index contributed by atoms with van der Waals surface area (Å²) in [4.78, 5) is 13.0. The molecule has 0 N–H and O–H groups in total. The van der Waals surface area contributed by atoms with Gasteiger partial charge in [-0.2, -0.15) is 0 Å². The molecule has 0 fully saturated rings. The van der Waals surface area contributed by atoms with Gasteiger partial charge in [-0.25, -0.2) is 0 Å². The number of benzene rings is 1. The molecular weight excluding hydrogens is 232 g/mol. The van der Waals surface area contributed by atoms with Crippen LogP contribution in [0.5, 0.6) is 0 Å². The van der Waals surface area contributed by atoms with Crippen LogP contribution in [0.1, 0.15) is 40.3 Å². The summed E-state index contributed by atoms with van der Waals surface area (Å²) in [6.45, 7) is 4.06. The second kappa shape index (κ2) is 5.19. The summed E-state index contributed by atoms with van der Waals surface area (Å²) in [5.74, 6) is 0.0344. The van der Waals surface area contributed by atoms with Gasteiger partial charge in [-0.3, -0.25) is 4.79 Å². The molecule has 0 saturated carbocycles. The van der Waals surface area contributed by atoms with E-state index in [0.717, 1.165) is 24.1 Å². The van der Waals surface area contributed by atoms with Gasteiger partial charge < -0.3 is 0 Å². The minimum Gasteiger partial charge on any atom is -0.288 e. The quantitative estimate of drug-likeness (QED) is 0.779. The largest absolute Gasteiger partial charge is 0.288 e. The van der Waals surface area contributed by atoms with Gasteiger partial charge in [-0.15, -0.1) is 5.10 Å². The second-order valence-corrected chi connectivity index (χ2v) is 4.54. The van der Waals surface area contributed by atoms with Crippen molar-refractivity contribution in [2.75, 3.05) is 0 Å². The fourth-order valence-corrected chi connectivity index (χ4v) is 2.39. The molecule has 0 aliphatic rings. The Morgan fingerprint density at radius 1 is 1.29 bits per heavy atom. The summed E-state index contributed by atoms with van der Waals surface area (Å²) < 4.78 is 3.85. The molecule has 2 rings (SSSR count). The maximum atomic E-state index is 12.3. The van der Waals surface area contributed by atoms with E-state index < -0.39 is 0 Å². The molecule has 0 aliphatic carbocycles. The second-order valence-electron chi connectivity index (χ2n) is 3.79. The molecule has 0 bridgehead atoms. The third kappa shape index (κ3) is 2.42. The normalized spacial score (nSPS) is 10.5. The van der Waals surface area contributed by atoms with Gasteiger partial charge in [0.05, 0.1) is 5.69 Å². The van der Waals surface area contributed by atoms with Crippen LogP contribution in [0.4, 0.5) is 0 Å². The van der Waals surface area contributed by atoms with Gasteiger partial charge in [0.15, 0.2) is 0 Å². The molecule has 0 spiro atoms. The third-order valence-corrected chi connectivity index (χ3v) is 3.46. The van der Waals surface area contributed by atoms with Gasteiger partial charge in [-0.1, -0.05) is 36.5 Å².